The minimum atomic E-state index is -2.14. The molecule has 0 aromatic carbocycles. The summed E-state index contributed by atoms with van der Waals surface area (Å²) in [7, 11) is -2.14. The van der Waals surface area contributed by atoms with Crippen LogP contribution in [0.3, 0.4) is 0 Å². The fourth-order valence-electron chi connectivity index (χ4n) is 1.55. The van der Waals surface area contributed by atoms with Crippen molar-refractivity contribution in [2.75, 3.05) is 19.8 Å². The maximum Gasteiger partial charge on any atom is 0.250 e. The summed E-state index contributed by atoms with van der Waals surface area (Å²) >= 11 is 0. The molecule has 3 aliphatic rings. The molecule has 13 heavy (non-hydrogen) atoms. The van der Waals surface area contributed by atoms with Gasteiger partial charge in [0.25, 0.3) is 7.57 Å². The Morgan fingerprint density at radius 3 is 1.77 bits per heavy atom. The summed E-state index contributed by atoms with van der Waals surface area (Å²) in [6, 6.07) is 0. The number of rotatable bonds is 0. The zero-order chi connectivity index (χ0) is 9.74. The predicted molar refractivity (Wildman–Crippen MR) is 53.8 cm³/mol. The van der Waals surface area contributed by atoms with Crippen LogP contribution in [0.2, 0.25) is 0 Å². The third-order valence-electron chi connectivity index (χ3n) is 3.20. The molecule has 0 saturated carbocycles. The van der Waals surface area contributed by atoms with Gasteiger partial charge in [0.15, 0.2) is 0 Å². The fraction of sp³-hybridized carbons (Fsp3) is 0.889. The zero-order valence-electron chi connectivity index (χ0n) is 8.50. The van der Waals surface area contributed by atoms with Gasteiger partial charge in [-0.2, -0.15) is 0 Å². The second-order valence-corrected chi connectivity index (χ2v) is 6.96. The van der Waals surface area contributed by atoms with E-state index < -0.39 is 7.57 Å². The molecule has 2 bridgehead atoms. The Labute approximate surface area is 79.6 Å². The summed E-state index contributed by atoms with van der Waals surface area (Å²) in [6.45, 7) is 8.78. The molecule has 0 aromatic rings. The van der Waals surface area contributed by atoms with Crippen molar-refractivity contribution < 1.29 is 13.6 Å². The largest absolute Gasteiger partial charge is 0.317 e. The van der Waals surface area contributed by atoms with E-state index >= 15 is 0 Å². The van der Waals surface area contributed by atoms with Crippen LogP contribution < -0.4 is 0 Å². The van der Waals surface area contributed by atoms with Gasteiger partial charge in [-0.25, -0.2) is 0 Å². The minimum absolute atomic E-state index is 0.0203. The zero-order valence-corrected chi connectivity index (χ0v) is 9.39. The first kappa shape index (κ1) is 9.72. The van der Waals surface area contributed by atoms with Gasteiger partial charge in [-0.05, 0) is 11.7 Å². The van der Waals surface area contributed by atoms with Crippen LogP contribution in [0.25, 0.3) is 0 Å². The third-order valence-corrected chi connectivity index (χ3v) is 4.77. The van der Waals surface area contributed by atoms with Gasteiger partial charge >= 0.3 is 0 Å². The highest BCUT2D eigenvalue weighted by Crippen LogP contribution is 2.63. The number of hydrogen-bond acceptors (Lipinski definition) is 3. The van der Waals surface area contributed by atoms with E-state index in [-0.39, 0.29) is 10.8 Å². The van der Waals surface area contributed by atoms with E-state index in [9.17, 15) is 0 Å². The van der Waals surface area contributed by atoms with E-state index in [2.05, 4.69) is 27.1 Å². The minimum Gasteiger partial charge on any atom is -0.317 e. The fourth-order valence-corrected chi connectivity index (χ4v) is 3.11. The van der Waals surface area contributed by atoms with Crippen LogP contribution in [0.4, 0.5) is 0 Å². The first-order valence-corrected chi connectivity index (χ1v) is 6.27. The highest BCUT2D eigenvalue weighted by atomic mass is 31.2. The molecule has 0 spiro atoms. The summed E-state index contributed by atoms with van der Waals surface area (Å²) in [4.78, 5) is 0. The van der Waals surface area contributed by atoms with Crippen molar-refractivity contribution in [2.24, 2.45) is 10.8 Å². The topological polar surface area (TPSA) is 27.7 Å². The Bertz CT molecular complexity index is 235. The van der Waals surface area contributed by atoms with Crippen LogP contribution in [0.5, 0.6) is 0 Å². The van der Waals surface area contributed by atoms with Crippen molar-refractivity contribution in [2.45, 2.75) is 20.8 Å². The summed E-state index contributed by atoms with van der Waals surface area (Å²) in [6.07, 6.45) is 3.84. The molecule has 0 amide bonds. The Morgan fingerprint density at radius 2 is 1.46 bits per heavy atom. The van der Waals surface area contributed by atoms with Gasteiger partial charge in [0.1, 0.15) is 0 Å². The van der Waals surface area contributed by atoms with Crippen LogP contribution in [0, 0.1) is 10.8 Å². The van der Waals surface area contributed by atoms with Gasteiger partial charge in [-0.3, -0.25) is 0 Å². The lowest BCUT2D eigenvalue weighted by molar-refractivity contribution is -0.130. The molecule has 0 unspecified atom stereocenters. The van der Waals surface area contributed by atoms with Crippen LogP contribution in [0.15, 0.2) is 0 Å². The van der Waals surface area contributed by atoms with E-state index in [0.29, 0.717) is 0 Å². The molecule has 0 N–H and O–H groups in total. The van der Waals surface area contributed by atoms with Crippen molar-refractivity contribution in [3.8, 4) is 0 Å². The van der Waals surface area contributed by atoms with Crippen molar-refractivity contribution in [3.05, 3.63) is 0 Å². The standard InChI is InChI=1S/C9H17O3P/c1-8(2,3)9-5-10-13(4,11-6-9)12-7-9/h4-7H2,1-3H3. The van der Waals surface area contributed by atoms with E-state index in [4.69, 9.17) is 13.6 Å². The molecule has 3 saturated heterocycles. The van der Waals surface area contributed by atoms with Gasteiger partial charge in [-0.15, -0.1) is 0 Å². The van der Waals surface area contributed by atoms with Gasteiger partial charge in [0, 0.05) is 5.41 Å². The quantitative estimate of drug-likeness (QED) is 0.566. The second kappa shape index (κ2) is 2.60. The lowest BCUT2D eigenvalue weighted by atomic mass is 9.68. The maximum atomic E-state index is 5.55. The molecular formula is C9H17O3P. The Kier molecular flexibility index (Phi) is 1.95. The van der Waals surface area contributed by atoms with E-state index in [1.165, 1.54) is 0 Å². The smallest absolute Gasteiger partial charge is 0.250 e. The molecule has 3 fully saturated rings. The Balaban J connectivity index is 2.25. The Morgan fingerprint density at radius 1 is 1.08 bits per heavy atom. The summed E-state index contributed by atoms with van der Waals surface area (Å²) in [5.41, 5.74) is 0.172. The normalized spacial score (nSPS) is 45.2. The molecule has 3 rings (SSSR count). The van der Waals surface area contributed by atoms with E-state index in [1.54, 1.807) is 0 Å². The van der Waals surface area contributed by atoms with Gasteiger partial charge in [0.2, 0.25) is 0 Å². The van der Waals surface area contributed by atoms with Crippen LogP contribution in [0.1, 0.15) is 20.8 Å². The number of hydrogen-bond donors (Lipinski definition) is 0. The summed E-state index contributed by atoms with van der Waals surface area (Å²) in [5, 5.41) is 0. The third kappa shape index (κ3) is 1.39. The average molecular weight is 204 g/mol. The molecule has 3 nitrogen and oxygen atoms in total. The SMILES string of the molecule is C=P12OCC(C(C)(C)C)(CO1)CO2. The second-order valence-electron chi connectivity index (χ2n) is 4.96. The van der Waals surface area contributed by atoms with Crippen molar-refractivity contribution in [1.29, 1.82) is 0 Å². The predicted octanol–water partition coefficient (Wildman–Crippen LogP) is 2.29. The van der Waals surface area contributed by atoms with Crippen LogP contribution in [-0.2, 0) is 13.6 Å². The highest BCUT2D eigenvalue weighted by molar-refractivity contribution is 7.59. The first-order chi connectivity index (χ1) is 5.87. The van der Waals surface area contributed by atoms with Gasteiger partial charge < -0.3 is 13.6 Å². The maximum absolute atomic E-state index is 5.55. The van der Waals surface area contributed by atoms with Crippen molar-refractivity contribution in [3.63, 3.8) is 0 Å². The lowest BCUT2D eigenvalue weighted by Gasteiger charge is -2.53. The van der Waals surface area contributed by atoms with E-state index in [1.807, 2.05) is 0 Å². The first-order valence-electron chi connectivity index (χ1n) is 4.54. The molecule has 3 heterocycles. The highest BCUT2D eigenvalue weighted by Gasteiger charge is 2.52. The summed E-state index contributed by atoms with van der Waals surface area (Å²) in [5.74, 6) is 0. The van der Waals surface area contributed by atoms with Crippen LogP contribution in [-0.4, -0.2) is 26.1 Å². The molecule has 0 radical (unpaired) electrons. The molecule has 4 heteroatoms. The summed E-state index contributed by atoms with van der Waals surface area (Å²) < 4.78 is 16.6. The molecule has 76 valence electrons. The molecular weight excluding hydrogens is 187 g/mol. The average Bonchev–Trinajstić information content (AvgIpc) is 2.04. The molecule has 3 aliphatic heterocycles. The van der Waals surface area contributed by atoms with Gasteiger partial charge in [-0.1, -0.05) is 20.8 Å². The molecule has 0 aliphatic carbocycles. The van der Waals surface area contributed by atoms with Crippen LogP contribution >= 0.6 is 7.57 Å². The lowest BCUT2D eigenvalue weighted by Crippen LogP contribution is -2.52. The monoisotopic (exact) mass is 204 g/mol. The van der Waals surface area contributed by atoms with Crippen molar-refractivity contribution in [1.82, 2.24) is 0 Å². The van der Waals surface area contributed by atoms with Gasteiger partial charge in [0.05, 0.1) is 19.8 Å². The molecule has 0 atom stereocenters. The Hall–Kier alpha value is 0.180. The molecule has 0 aromatic heterocycles. The van der Waals surface area contributed by atoms with Crippen molar-refractivity contribution >= 4 is 13.9 Å². The number of fused-ring (bicyclic) bond motifs is 3. The van der Waals surface area contributed by atoms with E-state index in [0.717, 1.165) is 19.8 Å².